The molecule has 0 N–H and O–H groups in total. The summed E-state index contributed by atoms with van der Waals surface area (Å²) in [5, 5.41) is 25.8. The number of rotatable bonds is 6. The van der Waals surface area contributed by atoms with Crippen molar-refractivity contribution in [3.63, 3.8) is 0 Å². The number of nitriles is 1. The molecule has 19 aromatic rings. The summed E-state index contributed by atoms with van der Waals surface area (Å²) in [7, 11) is 0. The number of hydrogen-bond donors (Lipinski definition) is 0. The molecular formula is C85H52N4O3. The van der Waals surface area contributed by atoms with Gasteiger partial charge in [-0.1, -0.05) is 164 Å². The molecule has 0 saturated heterocycles. The summed E-state index contributed by atoms with van der Waals surface area (Å²) in [4.78, 5) is 0. The lowest BCUT2D eigenvalue weighted by Crippen LogP contribution is -2.28. The Kier molecular flexibility index (Phi) is 10.1. The minimum atomic E-state index is 0.164. The molecule has 1 fully saturated rings. The van der Waals surface area contributed by atoms with E-state index in [9.17, 15) is 5.26 Å². The molecule has 0 unspecified atom stereocenters. The zero-order valence-electron chi connectivity index (χ0n) is 49.7. The first kappa shape index (κ1) is 50.1. The monoisotopic (exact) mass is 1180 g/mol. The maximum absolute atomic E-state index is 13.2. The fraction of sp³-hybridized carbons (Fsp3) is 0.0706. The standard InChI is InChI=1S/C85H52N4O3/c86-47-65-80(87-66-38-32-53(48-16-4-1-5-17-48)44-62(66)77-69(87)41-35-59-56-22-10-13-25-72(56)90-83(59)77)75-51-28-30-52(31-29-51)76(75)82(89-68-40-34-55(50-20-8-3-9-21-50)46-64(68)79-71(89)43-37-61-58-24-12-15-27-74(58)92-85(61)79)81(65)88-67-39-33-54(49-18-6-2-7-19-49)45-63(67)78-70(88)42-36-60-57-23-11-14-26-73(57)91-84(60)78/h1-27,32-46,51-52H,28-31H2. The van der Waals surface area contributed by atoms with Crippen molar-refractivity contribution < 1.29 is 13.3 Å². The third-order valence-corrected chi connectivity index (χ3v) is 21.0. The lowest BCUT2D eigenvalue weighted by atomic mass is 9.65. The van der Waals surface area contributed by atoms with E-state index in [2.05, 4.69) is 275 Å². The molecule has 0 spiro atoms. The molecule has 0 radical (unpaired) electrons. The highest BCUT2D eigenvalue weighted by Crippen LogP contribution is 2.59. The molecule has 2 bridgehead atoms. The first-order chi connectivity index (χ1) is 45.6. The van der Waals surface area contributed by atoms with Gasteiger partial charge in [-0.3, -0.25) is 0 Å². The van der Waals surface area contributed by atoms with Gasteiger partial charge in [0.15, 0.2) is 0 Å². The van der Waals surface area contributed by atoms with E-state index in [1.54, 1.807) is 0 Å². The van der Waals surface area contributed by atoms with Crippen molar-refractivity contribution in [2.45, 2.75) is 37.5 Å². The molecular weight excluding hydrogens is 1120 g/mol. The van der Waals surface area contributed by atoms with E-state index in [1.807, 2.05) is 0 Å². The number of hydrogen-bond acceptors (Lipinski definition) is 4. The van der Waals surface area contributed by atoms with Gasteiger partial charge in [-0.05, 0) is 173 Å². The Labute approximate surface area is 526 Å². The molecule has 7 heteroatoms. The molecule has 92 heavy (non-hydrogen) atoms. The zero-order valence-corrected chi connectivity index (χ0v) is 49.7. The Bertz CT molecular complexity index is 6450. The van der Waals surface area contributed by atoms with Gasteiger partial charge in [0, 0.05) is 48.5 Å². The van der Waals surface area contributed by atoms with Gasteiger partial charge in [-0.2, -0.15) is 5.26 Å². The van der Waals surface area contributed by atoms with Crippen LogP contribution in [-0.4, -0.2) is 13.7 Å². The van der Waals surface area contributed by atoms with Gasteiger partial charge in [0.1, 0.15) is 45.1 Å². The highest BCUT2D eigenvalue weighted by Gasteiger charge is 2.43. The first-order valence-electron chi connectivity index (χ1n) is 32.1. The zero-order chi connectivity index (χ0) is 60.0. The molecule has 3 aliphatic rings. The lowest BCUT2D eigenvalue weighted by molar-refractivity contribution is 0.357. The Morgan fingerprint density at radius 2 is 0.598 bits per heavy atom. The largest absolute Gasteiger partial charge is 0.455 e. The highest BCUT2D eigenvalue weighted by atomic mass is 16.3. The summed E-state index contributed by atoms with van der Waals surface area (Å²) < 4.78 is 28.9. The first-order valence-corrected chi connectivity index (χ1v) is 32.1. The minimum absolute atomic E-state index is 0.164. The van der Waals surface area contributed by atoms with Crippen molar-refractivity contribution in [1.82, 2.24) is 13.7 Å². The molecule has 6 heterocycles. The second-order valence-electron chi connectivity index (χ2n) is 25.5. The normalized spacial score (nSPS) is 15.0. The molecule has 22 rings (SSSR count). The van der Waals surface area contributed by atoms with E-state index in [-0.39, 0.29) is 11.8 Å². The van der Waals surface area contributed by atoms with Gasteiger partial charge in [-0.15, -0.1) is 0 Å². The van der Waals surface area contributed by atoms with Crippen LogP contribution in [-0.2, 0) is 0 Å². The van der Waals surface area contributed by atoms with Crippen molar-refractivity contribution in [1.29, 1.82) is 5.26 Å². The Hall–Kier alpha value is -11.9. The maximum Gasteiger partial charge on any atom is 0.145 e. The fourth-order valence-electron chi connectivity index (χ4n) is 17.0. The van der Waals surface area contributed by atoms with Crippen LogP contribution in [0.4, 0.5) is 0 Å². The van der Waals surface area contributed by atoms with Crippen LogP contribution < -0.4 is 0 Å². The number of benzene rings is 13. The van der Waals surface area contributed by atoms with Crippen LogP contribution in [0.5, 0.6) is 0 Å². The number of nitrogens with zero attached hydrogens (tertiary/aromatic N) is 4. The quantitative estimate of drug-likeness (QED) is 0.166. The lowest BCUT2D eigenvalue weighted by Gasteiger charge is -2.42. The Morgan fingerprint density at radius 3 is 0.967 bits per heavy atom. The van der Waals surface area contributed by atoms with Crippen LogP contribution in [0, 0.1) is 11.3 Å². The summed E-state index contributed by atoms with van der Waals surface area (Å²) in [6.45, 7) is 0. The van der Waals surface area contributed by atoms with Gasteiger partial charge < -0.3 is 27.0 Å². The average Bonchev–Trinajstić information content (AvgIpc) is 1.39. The van der Waals surface area contributed by atoms with Crippen LogP contribution >= 0.6 is 0 Å². The number of furan rings is 3. The van der Waals surface area contributed by atoms with Crippen LogP contribution in [0.25, 0.3) is 182 Å². The minimum Gasteiger partial charge on any atom is -0.455 e. The van der Waals surface area contributed by atoms with Crippen molar-refractivity contribution in [3.8, 4) is 56.5 Å². The Balaban J connectivity index is 0.990. The van der Waals surface area contributed by atoms with E-state index in [0.29, 0.717) is 5.56 Å². The number of fused-ring (bicyclic) bond motifs is 23. The average molecular weight is 1180 g/mol. The van der Waals surface area contributed by atoms with E-state index >= 15 is 0 Å². The van der Waals surface area contributed by atoms with E-state index in [0.717, 1.165) is 207 Å². The van der Waals surface area contributed by atoms with Gasteiger partial charge in [0.05, 0.1) is 66.3 Å². The smallest absolute Gasteiger partial charge is 0.145 e. The predicted molar refractivity (Wildman–Crippen MR) is 376 cm³/mol. The van der Waals surface area contributed by atoms with Crippen molar-refractivity contribution in [2.24, 2.45) is 0 Å². The van der Waals surface area contributed by atoms with Gasteiger partial charge in [0.25, 0.3) is 0 Å². The second kappa shape index (κ2) is 18.6. The molecule has 7 nitrogen and oxygen atoms in total. The SMILES string of the molecule is N#Cc1c(-n2c3ccc(-c4ccccc4)cc3c3c4oc5ccccc5c4ccc32)c2c(c(-n3c4ccc(-c5ccccc5)cc4c4c5oc6ccccc6c5ccc43)c1-n1c3ccc(-c4ccccc4)cc3c3c4oc5ccccc5c4ccc31)C1CCC2CC1. The summed E-state index contributed by atoms with van der Waals surface area (Å²) in [6, 6.07) is 94.8. The summed E-state index contributed by atoms with van der Waals surface area (Å²) >= 11 is 0. The number of aromatic nitrogens is 3. The second-order valence-corrected chi connectivity index (χ2v) is 25.5. The van der Waals surface area contributed by atoms with Crippen molar-refractivity contribution in [2.75, 3.05) is 0 Å². The van der Waals surface area contributed by atoms with Gasteiger partial charge >= 0.3 is 0 Å². The third-order valence-electron chi connectivity index (χ3n) is 21.0. The third kappa shape index (κ3) is 6.72. The number of para-hydroxylation sites is 3. The van der Waals surface area contributed by atoms with Crippen molar-refractivity contribution in [3.05, 3.63) is 271 Å². The Morgan fingerprint density at radius 1 is 0.283 bits per heavy atom. The molecule has 0 aliphatic heterocycles. The summed E-state index contributed by atoms with van der Waals surface area (Å²) in [5.74, 6) is 0.332. The fourth-order valence-corrected chi connectivity index (χ4v) is 17.0. The van der Waals surface area contributed by atoms with E-state index < -0.39 is 0 Å². The van der Waals surface area contributed by atoms with Crippen LogP contribution in [0.15, 0.2) is 268 Å². The maximum atomic E-state index is 13.2. The van der Waals surface area contributed by atoms with Gasteiger partial charge in [0.2, 0.25) is 0 Å². The van der Waals surface area contributed by atoms with E-state index in [1.165, 1.54) is 11.1 Å². The molecule has 0 amide bonds. The van der Waals surface area contributed by atoms with Crippen LogP contribution in [0.1, 0.15) is 54.2 Å². The molecule has 3 aliphatic carbocycles. The molecule has 0 atom stereocenters. The van der Waals surface area contributed by atoms with Crippen LogP contribution in [0.3, 0.4) is 0 Å². The highest BCUT2D eigenvalue weighted by molar-refractivity contribution is 6.28. The van der Waals surface area contributed by atoms with Crippen LogP contribution in [0.2, 0.25) is 0 Å². The summed E-state index contributed by atoms with van der Waals surface area (Å²) in [6.07, 6.45) is 4.09. The van der Waals surface area contributed by atoms with Crippen molar-refractivity contribution >= 4 is 131 Å². The molecule has 1 saturated carbocycles. The van der Waals surface area contributed by atoms with Gasteiger partial charge in [-0.25, -0.2) is 0 Å². The topological polar surface area (TPSA) is 78.0 Å². The molecule has 430 valence electrons. The molecule has 6 aromatic heterocycles. The van der Waals surface area contributed by atoms with E-state index in [4.69, 9.17) is 13.3 Å². The molecule has 13 aromatic carbocycles. The predicted octanol–water partition coefficient (Wildman–Crippen LogP) is 23.3. The summed E-state index contributed by atoms with van der Waals surface area (Å²) in [5.41, 5.74) is 23.7.